The number of carbonyl (C=O) groups excluding carboxylic acids is 2. The monoisotopic (exact) mass is 686 g/mol. The van der Waals surface area contributed by atoms with Gasteiger partial charge in [0.15, 0.2) is 0 Å². The van der Waals surface area contributed by atoms with E-state index in [1.807, 2.05) is 11.6 Å². The highest BCUT2D eigenvalue weighted by Gasteiger charge is 2.28. The van der Waals surface area contributed by atoms with Crippen molar-refractivity contribution < 1.29 is 19.5 Å². The molecule has 0 bridgehead atoms. The SMILES string of the molecule is Cc1cc(C)n(-c2cc(C(CC(=O)O)CN3CCC(CCc4ccc5c(n4)NCCC5)C3)cc(N3CCC(CCC(N)=O)CC3)c2)n1.NC=O. The van der Waals surface area contributed by atoms with Crippen molar-refractivity contribution >= 4 is 29.8 Å². The maximum absolute atomic E-state index is 12.2. The fourth-order valence-electron chi connectivity index (χ4n) is 7.86. The van der Waals surface area contributed by atoms with Crippen LogP contribution in [0.3, 0.4) is 0 Å². The van der Waals surface area contributed by atoms with E-state index in [1.54, 1.807) is 0 Å². The number of anilines is 2. The molecule has 12 nitrogen and oxygen atoms in total. The third-order valence-corrected chi connectivity index (χ3v) is 10.5. The van der Waals surface area contributed by atoms with Crippen molar-refractivity contribution in [3.8, 4) is 5.69 Å². The van der Waals surface area contributed by atoms with Gasteiger partial charge in [-0.2, -0.15) is 5.10 Å². The topological polar surface area (TPSA) is 173 Å². The number of hydrogen-bond donors (Lipinski definition) is 4. The molecule has 5 heterocycles. The molecule has 270 valence electrons. The van der Waals surface area contributed by atoms with Crippen LogP contribution in [0.2, 0.25) is 0 Å². The minimum Gasteiger partial charge on any atom is -0.481 e. The van der Waals surface area contributed by atoms with Gasteiger partial charge < -0.3 is 31.7 Å². The van der Waals surface area contributed by atoms with Gasteiger partial charge >= 0.3 is 5.97 Å². The van der Waals surface area contributed by atoms with E-state index in [0.29, 0.717) is 18.3 Å². The average molecular weight is 687 g/mol. The fraction of sp³-hybridized carbons (Fsp3) is 0.553. The molecule has 2 unspecified atom stereocenters. The van der Waals surface area contributed by atoms with Gasteiger partial charge in [-0.25, -0.2) is 9.67 Å². The lowest BCUT2D eigenvalue weighted by Gasteiger charge is -2.34. The Morgan fingerprint density at radius 3 is 2.48 bits per heavy atom. The molecule has 2 atom stereocenters. The Bertz CT molecular complexity index is 1620. The van der Waals surface area contributed by atoms with Crippen molar-refractivity contribution in [2.45, 2.75) is 84.0 Å². The molecule has 2 fully saturated rings. The Morgan fingerprint density at radius 2 is 1.78 bits per heavy atom. The van der Waals surface area contributed by atoms with Gasteiger partial charge in [-0.3, -0.25) is 14.4 Å². The van der Waals surface area contributed by atoms with Gasteiger partial charge in [-0.15, -0.1) is 0 Å². The number of likely N-dealkylation sites (tertiary alicyclic amines) is 1. The first-order chi connectivity index (χ1) is 24.1. The first-order valence-corrected chi connectivity index (χ1v) is 18.2. The van der Waals surface area contributed by atoms with Crippen LogP contribution in [0.25, 0.3) is 5.69 Å². The van der Waals surface area contributed by atoms with Gasteiger partial charge in [0.1, 0.15) is 5.82 Å². The molecule has 3 aliphatic heterocycles. The number of fused-ring (bicyclic) bond motifs is 1. The number of benzene rings is 1. The molecule has 0 saturated carbocycles. The predicted molar refractivity (Wildman–Crippen MR) is 196 cm³/mol. The maximum Gasteiger partial charge on any atom is 0.304 e. The number of aliphatic carboxylic acids is 1. The summed E-state index contributed by atoms with van der Waals surface area (Å²) < 4.78 is 1.98. The molecular formula is C38H54N8O4. The quantitative estimate of drug-likeness (QED) is 0.191. The zero-order valence-corrected chi connectivity index (χ0v) is 29.6. The molecule has 12 heteroatoms. The van der Waals surface area contributed by atoms with Crippen LogP contribution in [-0.2, 0) is 27.2 Å². The Labute approximate surface area is 295 Å². The largest absolute Gasteiger partial charge is 0.481 e. The van der Waals surface area contributed by atoms with E-state index in [-0.39, 0.29) is 24.7 Å². The number of hydrogen-bond acceptors (Lipinski definition) is 8. The van der Waals surface area contributed by atoms with Crippen molar-refractivity contribution in [2.75, 3.05) is 49.5 Å². The van der Waals surface area contributed by atoms with Crippen molar-refractivity contribution in [1.29, 1.82) is 0 Å². The highest BCUT2D eigenvalue weighted by atomic mass is 16.4. The average Bonchev–Trinajstić information content (AvgIpc) is 3.70. The molecule has 0 radical (unpaired) electrons. The van der Waals surface area contributed by atoms with Crippen molar-refractivity contribution in [3.05, 3.63) is 64.6 Å². The van der Waals surface area contributed by atoms with E-state index < -0.39 is 5.97 Å². The number of amides is 2. The molecule has 3 aromatic rings. The summed E-state index contributed by atoms with van der Waals surface area (Å²) in [5, 5.41) is 18.3. The zero-order chi connectivity index (χ0) is 35.6. The molecule has 6 rings (SSSR count). The van der Waals surface area contributed by atoms with Crippen LogP contribution in [-0.4, -0.2) is 82.3 Å². The lowest BCUT2D eigenvalue weighted by atomic mass is 9.90. The van der Waals surface area contributed by atoms with E-state index in [0.717, 1.165) is 124 Å². The minimum atomic E-state index is -0.772. The summed E-state index contributed by atoms with van der Waals surface area (Å²) in [4.78, 5) is 41.9. The van der Waals surface area contributed by atoms with Crippen molar-refractivity contribution in [3.63, 3.8) is 0 Å². The van der Waals surface area contributed by atoms with Crippen LogP contribution in [0.15, 0.2) is 36.4 Å². The molecule has 2 saturated heterocycles. The third kappa shape index (κ3) is 10.1. The number of piperidine rings is 1. The zero-order valence-electron chi connectivity index (χ0n) is 29.6. The number of aromatic nitrogens is 3. The number of nitrogens with zero attached hydrogens (tertiary/aromatic N) is 5. The summed E-state index contributed by atoms with van der Waals surface area (Å²) in [5.41, 5.74) is 17.2. The van der Waals surface area contributed by atoms with Gasteiger partial charge in [0.2, 0.25) is 12.3 Å². The number of pyridine rings is 1. The molecule has 2 aromatic heterocycles. The van der Waals surface area contributed by atoms with Gasteiger partial charge in [0.05, 0.1) is 17.8 Å². The predicted octanol–water partition coefficient (Wildman–Crippen LogP) is 4.34. The number of nitrogens with one attached hydrogen (secondary N) is 1. The number of aryl methyl sites for hydroxylation is 4. The number of carboxylic acids is 1. The smallest absolute Gasteiger partial charge is 0.304 e. The third-order valence-electron chi connectivity index (χ3n) is 10.5. The molecular weight excluding hydrogens is 632 g/mol. The Balaban J connectivity index is 0.00000156. The fourth-order valence-corrected chi connectivity index (χ4v) is 7.86. The van der Waals surface area contributed by atoms with Crippen LogP contribution in [0.1, 0.15) is 85.5 Å². The summed E-state index contributed by atoms with van der Waals surface area (Å²) in [6, 6.07) is 13.1. The van der Waals surface area contributed by atoms with Crippen molar-refractivity contribution in [2.24, 2.45) is 23.3 Å². The Morgan fingerprint density at radius 1 is 1.04 bits per heavy atom. The number of carbonyl (C=O) groups is 3. The molecule has 2 amide bonds. The first kappa shape index (κ1) is 36.8. The van der Waals surface area contributed by atoms with Gasteiger partial charge in [0, 0.05) is 62.1 Å². The number of primary amides is 2. The number of rotatable bonds is 13. The summed E-state index contributed by atoms with van der Waals surface area (Å²) in [7, 11) is 0. The second-order valence-corrected chi connectivity index (χ2v) is 14.3. The molecule has 1 aromatic carbocycles. The molecule has 6 N–H and O–H groups in total. The van der Waals surface area contributed by atoms with Gasteiger partial charge in [-0.05, 0) is 125 Å². The Hall–Kier alpha value is -4.45. The van der Waals surface area contributed by atoms with Crippen LogP contribution < -0.4 is 21.7 Å². The standard InChI is InChI=1S/C37H51N7O3.CH3NO/c1-25-18-26(2)44(41-25)34-20-30(19-33(22-34)43-16-12-27(13-17-43)6-10-35(38)45)31(21-36(46)47)24-42-15-11-28(23-42)5-8-32-9-7-29-4-3-14-39-37(29)40-32;2-1-3/h7,9,18-20,22,27-28,31H,3-6,8,10-17,21,23-24H2,1-2H3,(H2,38,45)(H,39,40)(H,46,47);1H,(H2,2,3). The number of carboxylic acid groups (broad SMARTS) is 1. The maximum atomic E-state index is 12.2. The van der Waals surface area contributed by atoms with E-state index in [9.17, 15) is 14.7 Å². The molecule has 0 aliphatic carbocycles. The first-order valence-electron chi connectivity index (χ1n) is 18.2. The minimum absolute atomic E-state index is 0.0857. The van der Waals surface area contributed by atoms with Crippen LogP contribution in [0.5, 0.6) is 0 Å². The molecule has 0 spiro atoms. The van der Waals surface area contributed by atoms with E-state index in [4.69, 9.17) is 20.6 Å². The van der Waals surface area contributed by atoms with Crippen LogP contribution >= 0.6 is 0 Å². The van der Waals surface area contributed by atoms with E-state index in [2.05, 4.69) is 64.2 Å². The summed E-state index contributed by atoms with van der Waals surface area (Å²) in [6.07, 6.45) is 9.12. The van der Waals surface area contributed by atoms with E-state index in [1.165, 1.54) is 12.0 Å². The lowest BCUT2D eigenvalue weighted by Crippen LogP contribution is -2.34. The Kier molecular flexibility index (Phi) is 12.9. The molecule has 3 aliphatic rings. The normalized spacial score (nSPS) is 18.4. The summed E-state index contributed by atoms with van der Waals surface area (Å²) in [6.45, 7) is 9.56. The van der Waals surface area contributed by atoms with Crippen LogP contribution in [0, 0.1) is 25.7 Å². The van der Waals surface area contributed by atoms with E-state index >= 15 is 0 Å². The van der Waals surface area contributed by atoms with Gasteiger partial charge in [0.25, 0.3) is 0 Å². The molecule has 50 heavy (non-hydrogen) atoms. The number of nitrogens with two attached hydrogens (primary N) is 2. The summed E-state index contributed by atoms with van der Waals surface area (Å²) >= 11 is 0. The van der Waals surface area contributed by atoms with Crippen LogP contribution in [0.4, 0.5) is 11.5 Å². The second kappa shape index (κ2) is 17.5. The highest BCUT2D eigenvalue weighted by molar-refractivity contribution is 5.73. The van der Waals surface area contributed by atoms with Crippen molar-refractivity contribution in [1.82, 2.24) is 19.7 Å². The second-order valence-electron chi connectivity index (χ2n) is 14.3. The summed E-state index contributed by atoms with van der Waals surface area (Å²) in [5.74, 6) is 1.01. The lowest BCUT2D eigenvalue weighted by molar-refractivity contribution is -0.137. The highest BCUT2D eigenvalue weighted by Crippen LogP contribution is 2.34. The van der Waals surface area contributed by atoms with Gasteiger partial charge in [-0.1, -0.05) is 6.07 Å².